The molecule has 0 aromatic carbocycles. The molecule has 0 aliphatic carbocycles. The van der Waals surface area contributed by atoms with Gasteiger partial charge >= 0.3 is 17.9 Å². The van der Waals surface area contributed by atoms with Gasteiger partial charge in [-0.2, -0.15) is 0 Å². The number of esters is 3. The highest BCUT2D eigenvalue weighted by molar-refractivity contribution is 5.87. The summed E-state index contributed by atoms with van der Waals surface area (Å²) in [6, 6.07) is -1.92. The van der Waals surface area contributed by atoms with Gasteiger partial charge in [0, 0.05) is 90.3 Å². The van der Waals surface area contributed by atoms with Gasteiger partial charge in [-0.25, -0.2) is 0 Å². The molecule has 2 fully saturated rings. The molecule has 25 heteroatoms. The molecule has 0 bridgehead atoms. The Morgan fingerprint density at radius 2 is 1.18 bits per heavy atom. The van der Waals surface area contributed by atoms with Gasteiger partial charge in [-0.3, -0.25) is 33.6 Å². The number of carbonyl (C=O) groups excluding carboxylic acids is 7. The Bertz CT molecular complexity index is 1690. The van der Waals surface area contributed by atoms with Crippen molar-refractivity contribution in [3.8, 4) is 0 Å². The van der Waals surface area contributed by atoms with E-state index in [4.69, 9.17) is 44.4 Å². The minimum absolute atomic E-state index is 0.0347. The third-order valence-electron chi connectivity index (χ3n) is 11.9. The van der Waals surface area contributed by atoms with Crippen molar-refractivity contribution in [2.24, 2.45) is 16.8 Å². The van der Waals surface area contributed by atoms with Gasteiger partial charge < -0.3 is 75.5 Å². The standard InChI is InChI=1S/C47H82N8O17/c1-30-43(69-32(3)58)44(70-33(4)59)35(28-56)71-46(30)66-26-16-10-20-38(61)51-23-15-9-18-34(45(65)52-24-13-7-8-19-37(60)50-22-12-5-6-14-25-53-55-49)54-39(62)21-11-17-27-67-47-40(48)42(64)41(63)36(72-47)29-68-31(2)57/h30,34-36,40-44,46-47,56,63-64H,5-29,48H2,1-4H3,(H,50,60)(H,51,61)(H,52,65)(H,54,62)/t30?,34-,35?,36?,40?,41?,42?,43?,44?,46?,47?/m1/s1. The van der Waals surface area contributed by atoms with Crippen LogP contribution in [0.4, 0.5) is 0 Å². The van der Waals surface area contributed by atoms with Gasteiger partial charge in [-0.1, -0.05) is 31.3 Å². The highest BCUT2D eigenvalue weighted by Crippen LogP contribution is 2.31. The molecule has 0 aromatic rings. The van der Waals surface area contributed by atoms with Crippen LogP contribution in [0.2, 0.25) is 0 Å². The quantitative estimate of drug-likeness (QED) is 0.0109. The summed E-state index contributed by atoms with van der Waals surface area (Å²) in [6.07, 6.45) is 0.578. The molecule has 11 atom stereocenters. The maximum Gasteiger partial charge on any atom is 0.303 e. The van der Waals surface area contributed by atoms with Crippen LogP contribution < -0.4 is 27.0 Å². The fraction of sp³-hybridized carbons (Fsp3) is 0.851. The molecule has 2 rings (SSSR count). The number of aliphatic hydroxyl groups excluding tert-OH is 3. The number of aliphatic hydroxyl groups is 3. The molecule has 2 aliphatic heterocycles. The van der Waals surface area contributed by atoms with Crippen LogP contribution in [0.5, 0.6) is 0 Å². The average molecular weight is 1030 g/mol. The first-order chi connectivity index (χ1) is 34.5. The van der Waals surface area contributed by atoms with Crippen molar-refractivity contribution in [1.82, 2.24) is 21.3 Å². The number of ether oxygens (including phenoxy) is 7. The predicted molar refractivity (Wildman–Crippen MR) is 257 cm³/mol. The van der Waals surface area contributed by atoms with E-state index in [0.29, 0.717) is 96.8 Å². The summed E-state index contributed by atoms with van der Waals surface area (Å²) < 4.78 is 38.7. The van der Waals surface area contributed by atoms with E-state index in [1.807, 2.05) is 0 Å². The molecule has 10 unspecified atom stereocenters. The van der Waals surface area contributed by atoms with Crippen LogP contribution in [0.1, 0.15) is 137 Å². The summed E-state index contributed by atoms with van der Waals surface area (Å²) >= 11 is 0. The Labute approximate surface area is 421 Å². The number of rotatable bonds is 37. The molecule has 2 aliphatic rings. The summed E-state index contributed by atoms with van der Waals surface area (Å²) in [4.78, 5) is 88.8. The van der Waals surface area contributed by atoms with Gasteiger partial charge in [0.05, 0.1) is 12.6 Å². The fourth-order valence-corrected chi connectivity index (χ4v) is 7.96. The normalized spacial score (nSPS) is 24.2. The minimum Gasteiger partial charge on any atom is -0.463 e. The monoisotopic (exact) mass is 1030 g/mol. The number of nitrogens with two attached hydrogens (primary N) is 1. The largest absolute Gasteiger partial charge is 0.463 e. The number of nitrogens with one attached hydrogen (secondary N) is 4. The molecule has 4 amide bonds. The first-order valence-corrected chi connectivity index (χ1v) is 25.3. The lowest BCUT2D eigenvalue weighted by Gasteiger charge is -2.43. The summed E-state index contributed by atoms with van der Waals surface area (Å²) in [5.74, 6) is -3.25. The summed E-state index contributed by atoms with van der Waals surface area (Å²) in [5, 5.41) is 45.5. The first-order valence-electron chi connectivity index (χ1n) is 25.3. The first kappa shape index (κ1) is 63.4. The van der Waals surface area contributed by atoms with Crippen LogP contribution in [-0.2, 0) is 66.7 Å². The van der Waals surface area contributed by atoms with E-state index in [1.165, 1.54) is 20.8 Å². The zero-order valence-electron chi connectivity index (χ0n) is 42.5. The highest BCUT2D eigenvalue weighted by Gasteiger charge is 2.48. The molecule has 25 nitrogen and oxygen atoms in total. The van der Waals surface area contributed by atoms with Crippen molar-refractivity contribution < 1.29 is 82.0 Å². The van der Waals surface area contributed by atoms with Crippen molar-refractivity contribution in [1.29, 1.82) is 0 Å². The van der Waals surface area contributed by atoms with E-state index in [0.717, 1.165) is 25.7 Å². The summed E-state index contributed by atoms with van der Waals surface area (Å²) in [5.41, 5.74) is 14.3. The van der Waals surface area contributed by atoms with Gasteiger partial charge in [0.15, 0.2) is 18.7 Å². The number of nitrogens with zero attached hydrogens (tertiary/aromatic N) is 3. The van der Waals surface area contributed by atoms with E-state index < -0.39 is 91.7 Å². The van der Waals surface area contributed by atoms with Gasteiger partial charge in [0.25, 0.3) is 0 Å². The number of hydrogen-bond donors (Lipinski definition) is 8. The third-order valence-corrected chi connectivity index (χ3v) is 11.9. The van der Waals surface area contributed by atoms with Crippen molar-refractivity contribution >= 4 is 41.5 Å². The molecule has 412 valence electrons. The number of hydrogen-bond acceptors (Lipinski definition) is 19. The molecular formula is C47H82N8O17. The van der Waals surface area contributed by atoms with E-state index in [2.05, 4.69) is 31.3 Å². The smallest absolute Gasteiger partial charge is 0.303 e. The Balaban J connectivity index is 1.79. The molecule has 2 heterocycles. The predicted octanol–water partition coefficient (Wildman–Crippen LogP) is 1.35. The van der Waals surface area contributed by atoms with Crippen LogP contribution >= 0.6 is 0 Å². The zero-order chi connectivity index (χ0) is 53.3. The maximum absolute atomic E-state index is 13.4. The maximum atomic E-state index is 13.4. The van der Waals surface area contributed by atoms with Gasteiger partial charge in [0.2, 0.25) is 23.6 Å². The van der Waals surface area contributed by atoms with E-state index in [1.54, 1.807) is 6.92 Å². The summed E-state index contributed by atoms with van der Waals surface area (Å²) in [7, 11) is 0. The van der Waals surface area contributed by atoms with Crippen molar-refractivity contribution in [2.45, 2.75) is 198 Å². The lowest BCUT2D eigenvalue weighted by atomic mass is 9.92. The number of carbonyl (C=O) groups is 7. The van der Waals surface area contributed by atoms with Crippen LogP contribution in [-0.4, -0.2) is 171 Å². The fourth-order valence-electron chi connectivity index (χ4n) is 7.96. The molecule has 72 heavy (non-hydrogen) atoms. The van der Waals surface area contributed by atoms with Gasteiger partial charge in [-0.15, -0.1) is 0 Å². The topological polar surface area (TPSA) is 368 Å². The van der Waals surface area contributed by atoms with Crippen LogP contribution in [0.25, 0.3) is 10.4 Å². The van der Waals surface area contributed by atoms with Gasteiger partial charge in [-0.05, 0) is 76.2 Å². The highest BCUT2D eigenvalue weighted by atomic mass is 16.7. The number of unbranched alkanes of at least 4 members (excludes halogenated alkanes) is 8. The third kappa shape index (κ3) is 26.3. The Morgan fingerprint density at radius 1 is 0.653 bits per heavy atom. The lowest BCUT2D eigenvalue weighted by molar-refractivity contribution is -0.288. The molecule has 2 saturated heterocycles. The van der Waals surface area contributed by atoms with Crippen LogP contribution in [0, 0.1) is 5.92 Å². The SMILES string of the molecule is CC(=O)OCC1OC(OCCCCC(=O)N[C@H](CCCCNC(=O)CCCCOC2OC(CO)C(OC(C)=O)C(OC(C)=O)C2C)C(=O)NCCCCCC(=O)NCCCCCCN=[N+]=[N-])C(N)C(O)C1O. The Morgan fingerprint density at radius 3 is 1.78 bits per heavy atom. The molecule has 0 aromatic heterocycles. The van der Waals surface area contributed by atoms with E-state index in [-0.39, 0.29) is 56.3 Å². The number of amides is 4. The van der Waals surface area contributed by atoms with Crippen molar-refractivity contribution in [3.05, 3.63) is 10.4 Å². The lowest BCUT2D eigenvalue weighted by Crippen LogP contribution is -2.62. The molecule has 0 saturated carbocycles. The minimum atomic E-state index is -1.39. The number of azide groups is 1. The van der Waals surface area contributed by atoms with Crippen LogP contribution in [0.15, 0.2) is 5.11 Å². The van der Waals surface area contributed by atoms with E-state index >= 15 is 0 Å². The molecule has 0 spiro atoms. The zero-order valence-corrected chi connectivity index (χ0v) is 42.5. The molecule has 0 radical (unpaired) electrons. The Hall–Kier alpha value is -4.72. The second-order valence-electron chi connectivity index (χ2n) is 18.1. The summed E-state index contributed by atoms with van der Waals surface area (Å²) in [6.45, 7) is 6.60. The second-order valence-corrected chi connectivity index (χ2v) is 18.1. The Kier molecular flexibility index (Phi) is 32.6. The second kappa shape index (κ2) is 37.1. The van der Waals surface area contributed by atoms with Crippen LogP contribution in [0.3, 0.4) is 0 Å². The molecular weight excluding hydrogens is 949 g/mol. The van der Waals surface area contributed by atoms with E-state index in [9.17, 15) is 48.9 Å². The van der Waals surface area contributed by atoms with Crippen molar-refractivity contribution in [3.63, 3.8) is 0 Å². The van der Waals surface area contributed by atoms with Crippen molar-refractivity contribution in [2.75, 3.05) is 52.6 Å². The molecule has 9 N–H and O–H groups in total. The average Bonchev–Trinajstić information content (AvgIpc) is 3.33. The van der Waals surface area contributed by atoms with Gasteiger partial charge in [0.1, 0.15) is 43.2 Å².